The Labute approximate surface area is 211 Å². The van der Waals surface area contributed by atoms with E-state index in [1.165, 1.54) is 11.8 Å². The summed E-state index contributed by atoms with van der Waals surface area (Å²) in [5, 5.41) is 17.7. The van der Waals surface area contributed by atoms with Crippen molar-refractivity contribution >= 4 is 23.5 Å². The van der Waals surface area contributed by atoms with Crippen LogP contribution in [0.15, 0.2) is 24.3 Å². The van der Waals surface area contributed by atoms with Gasteiger partial charge in [0.1, 0.15) is 17.3 Å². The number of ketones is 1. The molecule has 0 aliphatic carbocycles. The summed E-state index contributed by atoms with van der Waals surface area (Å²) < 4.78 is 5.68. The van der Waals surface area contributed by atoms with Gasteiger partial charge in [-0.1, -0.05) is 33.8 Å². The normalized spacial score (nSPS) is 12.9. The van der Waals surface area contributed by atoms with Gasteiger partial charge in [-0.15, -0.1) is 0 Å². The summed E-state index contributed by atoms with van der Waals surface area (Å²) in [5.74, 6) is -0.886. The van der Waals surface area contributed by atoms with Crippen LogP contribution in [0.25, 0.3) is 0 Å². The molecule has 0 radical (unpaired) electrons. The minimum Gasteiger partial charge on any atom is -0.481 e. The molecule has 0 bridgehead atoms. The molecular weight excluding hydrogens is 460 g/mol. The van der Waals surface area contributed by atoms with Gasteiger partial charge in [0.2, 0.25) is 5.91 Å². The number of amidine groups is 1. The monoisotopic (exact) mass is 494 g/mol. The minimum atomic E-state index is -1.12. The van der Waals surface area contributed by atoms with Gasteiger partial charge in [-0.05, 0) is 30.0 Å². The molecule has 0 saturated heterocycles. The van der Waals surface area contributed by atoms with Gasteiger partial charge >= 0.3 is 5.97 Å². The molecule has 9 nitrogen and oxygen atoms in total. The van der Waals surface area contributed by atoms with Crippen molar-refractivity contribution in [3.05, 3.63) is 57.9 Å². The predicted octanol–water partition coefficient (Wildman–Crippen LogP) is 3.41. The highest BCUT2D eigenvalue weighted by atomic mass is 16.5. The Morgan fingerprint density at radius 3 is 2.50 bits per heavy atom. The molecule has 0 spiro atoms. The third-order valence-corrected chi connectivity index (χ3v) is 6.22. The topological polar surface area (TPSA) is 124 Å². The maximum atomic E-state index is 13.5. The fraction of sp³-hybridized carbons (Fsp3) is 0.444. The van der Waals surface area contributed by atoms with Crippen molar-refractivity contribution in [3.63, 3.8) is 0 Å². The van der Waals surface area contributed by atoms with Crippen LogP contribution in [0.1, 0.15) is 73.1 Å². The van der Waals surface area contributed by atoms with E-state index in [0.717, 1.165) is 17.7 Å². The number of pyridine rings is 1. The summed E-state index contributed by atoms with van der Waals surface area (Å²) in [7, 11) is 1.63. The van der Waals surface area contributed by atoms with Crippen molar-refractivity contribution in [1.82, 2.24) is 14.8 Å². The lowest BCUT2D eigenvalue weighted by atomic mass is 9.83. The van der Waals surface area contributed by atoms with Gasteiger partial charge in [0.15, 0.2) is 12.4 Å². The van der Waals surface area contributed by atoms with Gasteiger partial charge in [-0.2, -0.15) is 0 Å². The molecule has 0 fully saturated rings. The second kappa shape index (κ2) is 10.5. The maximum Gasteiger partial charge on any atom is 0.341 e. The van der Waals surface area contributed by atoms with E-state index in [0.29, 0.717) is 34.7 Å². The van der Waals surface area contributed by atoms with Gasteiger partial charge in [-0.25, -0.2) is 9.78 Å². The van der Waals surface area contributed by atoms with Crippen LogP contribution >= 0.6 is 0 Å². The van der Waals surface area contributed by atoms with Crippen LogP contribution in [-0.2, 0) is 34.5 Å². The van der Waals surface area contributed by atoms with Crippen LogP contribution in [0.2, 0.25) is 0 Å². The molecule has 2 heterocycles. The number of fused-ring (bicyclic) bond motifs is 1. The summed E-state index contributed by atoms with van der Waals surface area (Å²) >= 11 is 0. The highest BCUT2D eigenvalue weighted by Gasteiger charge is 2.30. The molecule has 3 rings (SSSR count). The number of aryl methyl sites for hydroxylation is 1. The molecule has 1 aromatic heterocycles. The summed E-state index contributed by atoms with van der Waals surface area (Å²) in [4.78, 5) is 44.4. The largest absolute Gasteiger partial charge is 0.481 e. The second-order valence-electron chi connectivity index (χ2n) is 10.1. The van der Waals surface area contributed by atoms with Gasteiger partial charge < -0.3 is 19.6 Å². The Morgan fingerprint density at radius 1 is 1.22 bits per heavy atom. The number of Topliss-reactive ketones (excluding diaryl/α,β-unsaturated/α-hetero) is 1. The number of aliphatic carboxylic acids is 1. The first-order valence-electron chi connectivity index (χ1n) is 11.9. The summed E-state index contributed by atoms with van der Waals surface area (Å²) in [5.41, 5.74) is 3.61. The lowest BCUT2D eigenvalue weighted by molar-refractivity contribution is -0.139. The van der Waals surface area contributed by atoms with E-state index in [-0.39, 0.29) is 30.6 Å². The Kier molecular flexibility index (Phi) is 7.81. The molecule has 0 atom stereocenters. The number of carbonyl (C=O) groups excluding carboxylic acids is 2. The lowest BCUT2D eigenvalue weighted by Gasteiger charge is -2.27. The van der Waals surface area contributed by atoms with E-state index < -0.39 is 18.0 Å². The highest BCUT2D eigenvalue weighted by molar-refractivity contribution is 6.04. The molecule has 0 saturated carbocycles. The Hall–Kier alpha value is -3.75. The number of benzene rings is 1. The van der Waals surface area contributed by atoms with E-state index in [1.807, 2.05) is 39.8 Å². The van der Waals surface area contributed by atoms with Gasteiger partial charge in [0.05, 0.1) is 6.54 Å². The van der Waals surface area contributed by atoms with Crippen molar-refractivity contribution in [2.75, 3.05) is 20.2 Å². The molecule has 2 N–H and O–H groups in total. The summed E-state index contributed by atoms with van der Waals surface area (Å²) in [6, 6.07) is 7.30. The van der Waals surface area contributed by atoms with Crippen molar-refractivity contribution in [3.8, 4) is 5.75 Å². The second-order valence-corrected chi connectivity index (χ2v) is 10.1. The predicted molar refractivity (Wildman–Crippen MR) is 136 cm³/mol. The molecule has 1 aliphatic heterocycles. The van der Waals surface area contributed by atoms with E-state index in [4.69, 9.17) is 10.1 Å². The van der Waals surface area contributed by atoms with Crippen LogP contribution in [0, 0.1) is 5.41 Å². The number of aromatic nitrogens is 1. The van der Waals surface area contributed by atoms with E-state index in [9.17, 15) is 19.5 Å². The van der Waals surface area contributed by atoms with Crippen LogP contribution in [0.5, 0.6) is 5.75 Å². The number of rotatable bonds is 9. The first-order chi connectivity index (χ1) is 16.8. The number of nitrogens with one attached hydrogen (secondary N) is 1. The lowest BCUT2D eigenvalue weighted by Crippen LogP contribution is -2.31. The summed E-state index contributed by atoms with van der Waals surface area (Å²) in [6.45, 7) is 9.34. The number of amides is 1. The van der Waals surface area contributed by atoms with Gasteiger partial charge in [0.25, 0.3) is 0 Å². The van der Waals surface area contributed by atoms with E-state index in [1.54, 1.807) is 24.1 Å². The average molecular weight is 495 g/mol. The van der Waals surface area contributed by atoms with Gasteiger partial charge in [-0.3, -0.25) is 15.0 Å². The number of carboxylic acids is 1. The molecule has 36 heavy (non-hydrogen) atoms. The van der Waals surface area contributed by atoms with Crippen LogP contribution in [-0.4, -0.2) is 63.6 Å². The van der Waals surface area contributed by atoms with E-state index >= 15 is 0 Å². The Bertz CT molecular complexity index is 1220. The zero-order valence-corrected chi connectivity index (χ0v) is 21.8. The quantitative estimate of drug-likeness (QED) is 0.512. The van der Waals surface area contributed by atoms with Crippen LogP contribution in [0.3, 0.4) is 0 Å². The van der Waals surface area contributed by atoms with Gasteiger partial charge in [0, 0.05) is 55.0 Å². The molecule has 192 valence electrons. The smallest absolute Gasteiger partial charge is 0.341 e. The molecule has 1 aromatic carbocycles. The van der Waals surface area contributed by atoms with Crippen molar-refractivity contribution in [1.29, 1.82) is 5.41 Å². The van der Waals surface area contributed by atoms with Crippen LogP contribution in [0.4, 0.5) is 0 Å². The molecule has 0 unspecified atom stereocenters. The van der Waals surface area contributed by atoms with Crippen molar-refractivity contribution in [2.24, 2.45) is 0 Å². The Balaban J connectivity index is 1.98. The minimum absolute atomic E-state index is 0.00243. The first kappa shape index (κ1) is 26.8. The number of carbonyl (C=O) groups is 3. The number of hydrogen-bond donors (Lipinski definition) is 2. The number of carboxylic acid groups (broad SMARTS) is 1. The molecule has 1 amide bonds. The highest BCUT2D eigenvalue weighted by Crippen LogP contribution is 2.36. The molecule has 1 aliphatic rings. The third kappa shape index (κ3) is 5.90. The SMILES string of the molecule is CCc1ccc2c(n1)C(=N)N(CC(=O)c1cc(CN(C)C(C)=O)c(OCC(=O)O)c(C(C)(C)C)c1)C2. The fourth-order valence-electron chi connectivity index (χ4n) is 4.09. The Morgan fingerprint density at radius 2 is 1.92 bits per heavy atom. The molecule has 9 heteroatoms. The number of ether oxygens (including phenoxy) is 1. The average Bonchev–Trinajstić information content (AvgIpc) is 3.11. The molecule has 2 aromatic rings. The zero-order chi connectivity index (χ0) is 26.8. The van der Waals surface area contributed by atoms with Crippen molar-refractivity contribution in [2.45, 2.75) is 59.5 Å². The third-order valence-electron chi connectivity index (χ3n) is 6.22. The first-order valence-corrected chi connectivity index (χ1v) is 11.9. The fourth-order valence-corrected chi connectivity index (χ4v) is 4.09. The van der Waals surface area contributed by atoms with Crippen molar-refractivity contribution < 1.29 is 24.2 Å². The molecular formula is C27H34N4O5. The summed E-state index contributed by atoms with van der Waals surface area (Å²) in [6.07, 6.45) is 0.767. The number of hydrogen-bond acceptors (Lipinski definition) is 6. The number of nitrogens with zero attached hydrogens (tertiary/aromatic N) is 3. The maximum absolute atomic E-state index is 13.5. The van der Waals surface area contributed by atoms with Crippen LogP contribution < -0.4 is 4.74 Å². The zero-order valence-electron chi connectivity index (χ0n) is 21.8. The standard InChI is InChI=1S/C27H34N4O5/c1-7-20-9-8-17-13-31(26(28)24(17)29-20)14-22(33)18-10-19(12-30(6)16(2)32)25(36-15-23(34)35)21(11-18)27(3,4)5/h8-11,28H,7,12-15H2,1-6H3,(H,34,35). The van der Waals surface area contributed by atoms with E-state index in [2.05, 4.69) is 4.98 Å².